The van der Waals surface area contributed by atoms with Gasteiger partial charge in [-0.25, -0.2) is 19.3 Å². The van der Waals surface area contributed by atoms with E-state index in [1.165, 1.54) is 12.1 Å². The Morgan fingerprint density at radius 2 is 1.85 bits per heavy atom. The maximum atomic E-state index is 13.3. The summed E-state index contributed by atoms with van der Waals surface area (Å²) >= 11 is 0. The number of aromatic nitrogens is 3. The molecule has 27 heavy (non-hydrogen) atoms. The van der Waals surface area contributed by atoms with E-state index in [2.05, 4.69) is 25.6 Å². The molecule has 4 rings (SSSR count). The molecule has 2 heterocycles. The molecule has 134 valence electrons. The molecule has 0 aliphatic rings. The van der Waals surface area contributed by atoms with Gasteiger partial charge < -0.3 is 10.6 Å². The summed E-state index contributed by atoms with van der Waals surface area (Å²) in [5.74, 6) is 0.930. The van der Waals surface area contributed by atoms with Gasteiger partial charge in [-0.2, -0.15) is 0 Å². The van der Waals surface area contributed by atoms with E-state index in [1.54, 1.807) is 18.5 Å². The van der Waals surface area contributed by atoms with E-state index in [0.29, 0.717) is 18.3 Å². The Balaban J connectivity index is 1.58. The van der Waals surface area contributed by atoms with Crippen LogP contribution < -0.4 is 10.6 Å². The molecule has 0 aliphatic heterocycles. The summed E-state index contributed by atoms with van der Waals surface area (Å²) in [7, 11) is 0. The van der Waals surface area contributed by atoms with Crippen molar-refractivity contribution in [1.29, 1.82) is 0 Å². The van der Waals surface area contributed by atoms with Crippen LogP contribution in [0.1, 0.15) is 11.1 Å². The topological polar surface area (TPSA) is 62.7 Å². The van der Waals surface area contributed by atoms with Gasteiger partial charge in [0.1, 0.15) is 11.6 Å². The number of anilines is 3. The van der Waals surface area contributed by atoms with E-state index in [4.69, 9.17) is 0 Å². The van der Waals surface area contributed by atoms with Gasteiger partial charge in [-0.3, -0.25) is 0 Å². The Morgan fingerprint density at radius 3 is 2.67 bits per heavy atom. The molecule has 0 saturated carbocycles. The van der Waals surface area contributed by atoms with Crippen molar-refractivity contribution in [2.24, 2.45) is 0 Å². The van der Waals surface area contributed by atoms with Gasteiger partial charge in [0.15, 0.2) is 0 Å². The number of pyridine rings is 1. The molecule has 2 N–H and O–H groups in total. The van der Waals surface area contributed by atoms with E-state index in [0.717, 1.165) is 27.7 Å². The maximum absolute atomic E-state index is 13.3. The van der Waals surface area contributed by atoms with Crippen LogP contribution in [0, 0.1) is 12.7 Å². The standard InChI is InChI=1S/C21H18FN5/c1-14-11-16(22)7-8-18(14)26-20-17-13-25-21(27-19(17)9-10-23-20)24-12-15-5-3-2-4-6-15/h2-11,13H,12H2,1H3,(H,23,26)(H,24,25,27). The average molecular weight is 359 g/mol. The molecule has 0 spiro atoms. The Labute approximate surface area is 156 Å². The molecule has 0 unspecified atom stereocenters. The molecular weight excluding hydrogens is 341 g/mol. The predicted molar refractivity (Wildman–Crippen MR) is 106 cm³/mol. The van der Waals surface area contributed by atoms with E-state index in [1.807, 2.05) is 43.3 Å². The largest absolute Gasteiger partial charge is 0.350 e. The Morgan fingerprint density at radius 1 is 1.00 bits per heavy atom. The van der Waals surface area contributed by atoms with Crippen LogP contribution in [0.4, 0.5) is 21.8 Å². The van der Waals surface area contributed by atoms with E-state index >= 15 is 0 Å². The van der Waals surface area contributed by atoms with Gasteiger partial charge in [-0.05, 0) is 42.3 Å². The summed E-state index contributed by atoms with van der Waals surface area (Å²) in [6, 6.07) is 16.5. The highest BCUT2D eigenvalue weighted by Gasteiger charge is 2.08. The number of nitrogens with one attached hydrogen (secondary N) is 2. The number of hydrogen-bond acceptors (Lipinski definition) is 5. The Bertz CT molecular complexity index is 1080. The molecule has 4 aromatic rings. The van der Waals surface area contributed by atoms with Crippen LogP contribution in [0.3, 0.4) is 0 Å². The fraction of sp³-hybridized carbons (Fsp3) is 0.0952. The van der Waals surface area contributed by atoms with Crippen LogP contribution in [0.2, 0.25) is 0 Å². The Hall–Kier alpha value is -3.54. The van der Waals surface area contributed by atoms with Gasteiger partial charge >= 0.3 is 0 Å². The maximum Gasteiger partial charge on any atom is 0.223 e. The first-order valence-electron chi connectivity index (χ1n) is 8.62. The van der Waals surface area contributed by atoms with Gasteiger partial charge in [0.05, 0.1) is 10.9 Å². The molecule has 0 bridgehead atoms. The zero-order valence-corrected chi connectivity index (χ0v) is 14.8. The highest BCUT2D eigenvalue weighted by atomic mass is 19.1. The van der Waals surface area contributed by atoms with Crippen molar-refractivity contribution in [3.05, 3.63) is 83.9 Å². The number of rotatable bonds is 5. The minimum Gasteiger partial charge on any atom is -0.350 e. The second kappa shape index (κ2) is 7.37. The highest BCUT2D eigenvalue weighted by molar-refractivity contribution is 5.90. The first-order chi connectivity index (χ1) is 13.2. The minimum atomic E-state index is -0.263. The van der Waals surface area contributed by atoms with Crippen LogP contribution in [0.25, 0.3) is 10.9 Å². The van der Waals surface area contributed by atoms with Crippen molar-refractivity contribution in [1.82, 2.24) is 15.0 Å². The first kappa shape index (κ1) is 16.9. The molecule has 0 amide bonds. The molecule has 0 aliphatic carbocycles. The molecule has 2 aromatic carbocycles. The van der Waals surface area contributed by atoms with Gasteiger partial charge in [0, 0.05) is 24.6 Å². The van der Waals surface area contributed by atoms with Crippen LogP contribution in [-0.4, -0.2) is 15.0 Å². The number of aryl methyl sites for hydroxylation is 1. The summed E-state index contributed by atoms with van der Waals surface area (Å²) in [6.45, 7) is 2.50. The fourth-order valence-corrected chi connectivity index (χ4v) is 2.81. The number of nitrogens with zero attached hydrogens (tertiary/aromatic N) is 3. The zero-order valence-electron chi connectivity index (χ0n) is 14.8. The summed E-state index contributed by atoms with van der Waals surface area (Å²) < 4.78 is 13.3. The van der Waals surface area contributed by atoms with Gasteiger partial charge in [0.25, 0.3) is 0 Å². The SMILES string of the molecule is Cc1cc(F)ccc1Nc1nccc2nc(NCc3ccccc3)ncc12. The lowest BCUT2D eigenvalue weighted by atomic mass is 10.2. The third-order valence-corrected chi connectivity index (χ3v) is 4.24. The molecule has 2 aromatic heterocycles. The molecule has 0 saturated heterocycles. The minimum absolute atomic E-state index is 0.263. The average Bonchev–Trinajstić information content (AvgIpc) is 2.69. The normalized spacial score (nSPS) is 10.7. The third kappa shape index (κ3) is 3.84. The molecule has 0 atom stereocenters. The van der Waals surface area contributed by atoms with E-state index in [9.17, 15) is 4.39 Å². The monoisotopic (exact) mass is 359 g/mol. The van der Waals surface area contributed by atoms with E-state index in [-0.39, 0.29) is 5.82 Å². The lowest BCUT2D eigenvalue weighted by molar-refractivity contribution is 0.627. The third-order valence-electron chi connectivity index (χ3n) is 4.24. The summed E-state index contributed by atoms with van der Waals surface area (Å²) in [5, 5.41) is 7.27. The second-order valence-electron chi connectivity index (χ2n) is 6.21. The first-order valence-corrected chi connectivity index (χ1v) is 8.62. The molecule has 0 radical (unpaired) electrons. The van der Waals surface area contributed by atoms with Crippen LogP contribution in [0.15, 0.2) is 67.0 Å². The number of fused-ring (bicyclic) bond motifs is 1. The highest BCUT2D eigenvalue weighted by Crippen LogP contribution is 2.25. The second-order valence-corrected chi connectivity index (χ2v) is 6.21. The molecule has 6 heteroatoms. The summed E-state index contributed by atoms with van der Waals surface area (Å²) in [6.07, 6.45) is 3.43. The van der Waals surface area contributed by atoms with Crippen molar-refractivity contribution < 1.29 is 4.39 Å². The number of halogens is 1. The lowest BCUT2D eigenvalue weighted by Crippen LogP contribution is -2.04. The van der Waals surface area contributed by atoms with Crippen molar-refractivity contribution in [2.75, 3.05) is 10.6 Å². The van der Waals surface area contributed by atoms with Gasteiger partial charge in [-0.1, -0.05) is 30.3 Å². The summed E-state index contributed by atoms with van der Waals surface area (Å²) in [4.78, 5) is 13.3. The van der Waals surface area contributed by atoms with E-state index < -0.39 is 0 Å². The molecule has 5 nitrogen and oxygen atoms in total. The smallest absolute Gasteiger partial charge is 0.223 e. The van der Waals surface area contributed by atoms with Crippen molar-refractivity contribution in [3.8, 4) is 0 Å². The predicted octanol–water partition coefficient (Wildman–Crippen LogP) is 4.83. The zero-order chi connectivity index (χ0) is 18.6. The molecular formula is C21H18FN5. The van der Waals surface area contributed by atoms with Crippen molar-refractivity contribution >= 4 is 28.4 Å². The van der Waals surface area contributed by atoms with Gasteiger partial charge in [-0.15, -0.1) is 0 Å². The fourth-order valence-electron chi connectivity index (χ4n) is 2.81. The number of benzene rings is 2. The van der Waals surface area contributed by atoms with Crippen LogP contribution >= 0.6 is 0 Å². The van der Waals surface area contributed by atoms with Crippen LogP contribution in [-0.2, 0) is 6.54 Å². The molecule has 0 fully saturated rings. The van der Waals surface area contributed by atoms with Crippen molar-refractivity contribution in [2.45, 2.75) is 13.5 Å². The number of hydrogen-bond donors (Lipinski definition) is 2. The quantitative estimate of drug-likeness (QED) is 0.534. The van der Waals surface area contributed by atoms with Crippen LogP contribution in [0.5, 0.6) is 0 Å². The lowest BCUT2D eigenvalue weighted by Gasteiger charge is -2.11. The Kier molecular flexibility index (Phi) is 4.61. The van der Waals surface area contributed by atoms with Gasteiger partial charge in [0.2, 0.25) is 5.95 Å². The van der Waals surface area contributed by atoms with Crippen molar-refractivity contribution in [3.63, 3.8) is 0 Å². The summed E-state index contributed by atoms with van der Waals surface area (Å²) in [5.41, 5.74) is 3.53.